The van der Waals surface area contributed by atoms with Crippen LogP contribution < -0.4 is 0 Å². The second-order valence-corrected chi connectivity index (χ2v) is 5.18. The Hall–Kier alpha value is -1.42. The Morgan fingerprint density at radius 1 is 1.26 bits per heavy atom. The molecule has 19 heavy (non-hydrogen) atoms. The third kappa shape index (κ3) is 4.31. The fourth-order valence-electron chi connectivity index (χ4n) is 2.56. The van der Waals surface area contributed by atoms with E-state index in [9.17, 15) is 9.18 Å². The number of aliphatic carboxylic acids is 1. The zero-order valence-electron chi connectivity index (χ0n) is 11.0. The molecule has 0 aromatic heterocycles. The Bertz CT molecular complexity index is 411. The second-order valence-electron chi connectivity index (χ2n) is 5.18. The molecule has 0 radical (unpaired) electrons. The summed E-state index contributed by atoms with van der Waals surface area (Å²) in [6.07, 6.45) is 3.49. The number of carbonyl (C=O) groups is 1. The minimum atomic E-state index is -0.661. The third-order valence-electron chi connectivity index (χ3n) is 3.79. The molecule has 0 saturated carbocycles. The number of carboxylic acids is 1. The van der Waals surface area contributed by atoms with E-state index in [1.54, 1.807) is 0 Å². The molecule has 0 spiro atoms. The number of rotatable bonds is 5. The van der Waals surface area contributed by atoms with Crippen LogP contribution in [0.2, 0.25) is 0 Å². The Morgan fingerprint density at radius 2 is 1.89 bits per heavy atom. The number of piperidine rings is 1. The fraction of sp³-hybridized carbons (Fsp3) is 0.533. The molecule has 1 saturated heterocycles. The summed E-state index contributed by atoms with van der Waals surface area (Å²) in [7, 11) is 0. The maximum atomic E-state index is 12.7. The van der Waals surface area contributed by atoms with Crippen molar-refractivity contribution in [3.05, 3.63) is 35.6 Å². The van der Waals surface area contributed by atoms with Gasteiger partial charge in [0, 0.05) is 0 Å². The number of halogens is 1. The number of likely N-dealkylation sites (tertiary alicyclic amines) is 1. The van der Waals surface area contributed by atoms with Crippen molar-refractivity contribution >= 4 is 5.97 Å². The standard InChI is InChI=1S/C15H20FNO2/c16-14-5-3-12(4-6-14)2-1-9-17-10-7-13(8-11-17)15(18)19/h3-6,13H,1-2,7-11H2,(H,18,19). The molecule has 1 aliphatic heterocycles. The lowest BCUT2D eigenvalue weighted by molar-refractivity contribution is -0.143. The Morgan fingerprint density at radius 3 is 2.47 bits per heavy atom. The molecule has 1 heterocycles. The summed E-state index contributed by atoms with van der Waals surface area (Å²) in [5.74, 6) is -1.01. The molecule has 0 aliphatic carbocycles. The molecule has 1 aromatic carbocycles. The van der Waals surface area contributed by atoms with Crippen LogP contribution in [0, 0.1) is 11.7 Å². The smallest absolute Gasteiger partial charge is 0.306 e. The Balaban J connectivity index is 1.67. The van der Waals surface area contributed by atoms with Gasteiger partial charge >= 0.3 is 5.97 Å². The number of carboxylic acid groups (broad SMARTS) is 1. The first-order valence-electron chi connectivity index (χ1n) is 6.85. The lowest BCUT2D eigenvalue weighted by Crippen LogP contribution is -2.36. The molecule has 0 atom stereocenters. The van der Waals surface area contributed by atoms with Crippen molar-refractivity contribution in [2.24, 2.45) is 5.92 Å². The quantitative estimate of drug-likeness (QED) is 0.889. The highest BCUT2D eigenvalue weighted by atomic mass is 19.1. The van der Waals surface area contributed by atoms with E-state index in [1.807, 2.05) is 12.1 Å². The van der Waals surface area contributed by atoms with Crippen molar-refractivity contribution in [3.63, 3.8) is 0 Å². The SMILES string of the molecule is O=C(O)C1CCN(CCCc2ccc(F)cc2)CC1. The van der Waals surface area contributed by atoms with E-state index in [0.29, 0.717) is 0 Å². The van der Waals surface area contributed by atoms with Crippen LogP contribution in [-0.2, 0) is 11.2 Å². The van der Waals surface area contributed by atoms with E-state index in [4.69, 9.17) is 5.11 Å². The molecular weight excluding hydrogens is 245 g/mol. The van der Waals surface area contributed by atoms with Crippen LogP contribution in [0.4, 0.5) is 4.39 Å². The summed E-state index contributed by atoms with van der Waals surface area (Å²) in [5.41, 5.74) is 1.15. The van der Waals surface area contributed by atoms with Crippen molar-refractivity contribution in [2.75, 3.05) is 19.6 Å². The average molecular weight is 265 g/mol. The van der Waals surface area contributed by atoms with Gasteiger partial charge in [-0.05, 0) is 63.0 Å². The van der Waals surface area contributed by atoms with Crippen molar-refractivity contribution < 1.29 is 14.3 Å². The number of nitrogens with zero attached hydrogens (tertiary/aromatic N) is 1. The first-order chi connectivity index (χ1) is 9.15. The van der Waals surface area contributed by atoms with Crippen LogP contribution in [0.25, 0.3) is 0 Å². The van der Waals surface area contributed by atoms with E-state index in [-0.39, 0.29) is 11.7 Å². The Kier molecular flexibility index (Phi) is 4.91. The molecule has 4 heteroatoms. The van der Waals surface area contributed by atoms with Gasteiger partial charge in [-0.15, -0.1) is 0 Å². The highest BCUT2D eigenvalue weighted by Gasteiger charge is 2.23. The van der Waals surface area contributed by atoms with E-state index in [0.717, 1.165) is 50.9 Å². The summed E-state index contributed by atoms with van der Waals surface area (Å²) in [5, 5.41) is 8.92. The minimum Gasteiger partial charge on any atom is -0.481 e. The van der Waals surface area contributed by atoms with Crippen LogP contribution in [0.3, 0.4) is 0 Å². The molecule has 2 rings (SSSR count). The molecular formula is C15H20FNO2. The van der Waals surface area contributed by atoms with Crippen molar-refractivity contribution in [3.8, 4) is 0 Å². The van der Waals surface area contributed by atoms with E-state index < -0.39 is 5.97 Å². The lowest BCUT2D eigenvalue weighted by atomic mass is 9.97. The van der Waals surface area contributed by atoms with Gasteiger partial charge in [-0.25, -0.2) is 4.39 Å². The van der Waals surface area contributed by atoms with Crippen LogP contribution in [0.15, 0.2) is 24.3 Å². The number of hydrogen-bond donors (Lipinski definition) is 1. The average Bonchev–Trinajstić information content (AvgIpc) is 2.41. The van der Waals surface area contributed by atoms with Crippen molar-refractivity contribution in [2.45, 2.75) is 25.7 Å². The van der Waals surface area contributed by atoms with Gasteiger partial charge in [0.2, 0.25) is 0 Å². The van der Waals surface area contributed by atoms with E-state index in [2.05, 4.69) is 4.90 Å². The molecule has 104 valence electrons. The zero-order chi connectivity index (χ0) is 13.7. The van der Waals surface area contributed by atoms with Crippen LogP contribution in [0.1, 0.15) is 24.8 Å². The van der Waals surface area contributed by atoms with E-state index >= 15 is 0 Å². The lowest BCUT2D eigenvalue weighted by Gasteiger charge is -2.29. The molecule has 0 bridgehead atoms. The summed E-state index contributed by atoms with van der Waals surface area (Å²) in [6, 6.07) is 6.64. The normalized spacial score (nSPS) is 17.5. The number of benzene rings is 1. The monoisotopic (exact) mass is 265 g/mol. The predicted molar refractivity (Wildman–Crippen MR) is 71.5 cm³/mol. The molecule has 0 amide bonds. The van der Waals surface area contributed by atoms with Gasteiger partial charge in [-0.1, -0.05) is 12.1 Å². The first-order valence-corrected chi connectivity index (χ1v) is 6.85. The first kappa shape index (κ1) is 14.0. The molecule has 3 nitrogen and oxygen atoms in total. The van der Waals surface area contributed by atoms with Crippen LogP contribution >= 0.6 is 0 Å². The van der Waals surface area contributed by atoms with Crippen molar-refractivity contribution in [1.82, 2.24) is 4.90 Å². The van der Waals surface area contributed by atoms with Gasteiger partial charge in [0.25, 0.3) is 0 Å². The van der Waals surface area contributed by atoms with Gasteiger partial charge in [0.05, 0.1) is 5.92 Å². The van der Waals surface area contributed by atoms with Crippen molar-refractivity contribution in [1.29, 1.82) is 0 Å². The predicted octanol–water partition coefficient (Wildman–Crippen LogP) is 2.55. The molecule has 1 aliphatic rings. The van der Waals surface area contributed by atoms with E-state index in [1.165, 1.54) is 12.1 Å². The van der Waals surface area contributed by atoms with Crippen LogP contribution in [0.5, 0.6) is 0 Å². The summed E-state index contributed by atoms with van der Waals surface area (Å²) >= 11 is 0. The van der Waals surface area contributed by atoms with Gasteiger partial charge < -0.3 is 10.0 Å². The maximum Gasteiger partial charge on any atom is 0.306 e. The Labute approximate surface area is 113 Å². The van der Waals surface area contributed by atoms with Gasteiger partial charge in [0.1, 0.15) is 5.82 Å². The summed E-state index contributed by atoms with van der Waals surface area (Å²) < 4.78 is 12.7. The summed E-state index contributed by atoms with van der Waals surface area (Å²) in [4.78, 5) is 13.2. The topological polar surface area (TPSA) is 40.5 Å². The number of hydrogen-bond acceptors (Lipinski definition) is 2. The summed E-state index contributed by atoms with van der Waals surface area (Å²) in [6.45, 7) is 2.74. The molecule has 1 fully saturated rings. The number of aryl methyl sites for hydroxylation is 1. The van der Waals surface area contributed by atoms with Gasteiger partial charge in [0.15, 0.2) is 0 Å². The van der Waals surface area contributed by atoms with Gasteiger partial charge in [-0.2, -0.15) is 0 Å². The van der Waals surface area contributed by atoms with Gasteiger partial charge in [-0.3, -0.25) is 4.79 Å². The molecule has 1 N–H and O–H groups in total. The maximum absolute atomic E-state index is 12.7. The zero-order valence-corrected chi connectivity index (χ0v) is 11.0. The molecule has 0 unspecified atom stereocenters. The largest absolute Gasteiger partial charge is 0.481 e. The van der Waals surface area contributed by atoms with Crippen LogP contribution in [-0.4, -0.2) is 35.6 Å². The third-order valence-corrected chi connectivity index (χ3v) is 3.79. The second kappa shape index (κ2) is 6.66. The highest BCUT2D eigenvalue weighted by molar-refractivity contribution is 5.70. The highest BCUT2D eigenvalue weighted by Crippen LogP contribution is 2.17. The fourth-order valence-corrected chi connectivity index (χ4v) is 2.56. The minimum absolute atomic E-state index is 0.159. The molecule has 1 aromatic rings.